The molecule has 0 radical (unpaired) electrons. The fourth-order valence-corrected chi connectivity index (χ4v) is 6.67. The van der Waals surface area contributed by atoms with Gasteiger partial charge in [-0.1, -0.05) is 24.3 Å². The molecule has 0 aromatic rings. The molecule has 7 heteroatoms. The summed E-state index contributed by atoms with van der Waals surface area (Å²) in [6, 6.07) is 0. The van der Waals surface area contributed by atoms with E-state index in [0.717, 1.165) is 12.8 Å². The number of rotatable bonds is 5. The molecule has 0 spiro atoms. The van der Waals surface area contributed by atoms with E-state index in [9.17, 15) is 19.2 Å². The van der Waals surface area contributed by atoms with Gasteiger partial charge < -0.3 is 0 Å². The van der Waals surface area contributed by atoms with Crippen LogP contribution in [0.5, 0.6) is 0 Å². The Morgan fingerprint density at radius 2 is 1.14 bits per heavy atom. The number of hydrazine groups is 1. The first-order chi connectivity index (χ1) is 13.6. The van der Waals surface area contributed by atoms with E-state index in [1.165, 1.54) is 9.91 Å². The number of hydrogen-bond acceptors (Lipinski definition) is 5. The highest BCUT2D eigenvalue weighted by Gasteiger charge is 2.60. The van der Waals surface area contributed by atoms with Crippen LogP contribution in [0, 0.1) is 47.3 Å². The van der Waals surface area contributed by atoms with Crippen molar-refractivity contribution in [1.29, 1.82) is 0 Å². The van der Waals surface area contributed by atoms with Gasteiger partial charge in [0.25, 0.3) is 0 Å². The maximum Gasteiger partial charge on any atom is 0.248 e. The third-order valence-corrected chi connectivity index (χ3v) is 7.86. The summed E-state index contributed by atoms with van der Waals surface area (Å²) in [4.78, 5) is 52.0. The van der Waals surface area contributed by atoms with Crippen LogP contribution in [0.1, 0.15) is 19.3 Å². The molecule has 146 valence electrons. The van der Waals surface area contributed by atoms with Gasteiger partial charge in [0.05, 0.1) is 23.7 Å². The van der Waals surface area contributed by atoms with E-state index in [2.05, 4.69) is 29.7 Å². The Kier molecular flexibility index (Phi) is 3.35. The first-order valence-electron chi connectivity index (χ1n) is 10.4. The lowest BCUT2D eigenvalue weighted by molar-refractivity contribution is -0.145. The number of nitrogens with one attached hydrogen (secondary N) is 1. The zero-order chi connectivity index (χ0) is 19.2. The van der Waals surface area contributed by atoms with Gasteiger partial charge in [-0.25, -0.2) is 10.4 Å². The molecule has 6 rings (SSSR count). The molecular formula is C21H23N3O4. The van der Waals surface area contributed by atoms with E-state index in [0.29, 0.717) is 19.5 Å². The van der Waals surface area contributed by atoms with Gasteiger partial charge in [-0.3, -0.25) is 24.1 Å². The molecule has 4 unspecified atom stereocenters. The largest absolute Gasteiger partial charge is 0.282 e. The van der Waals surface area contributed by atoms with Crippen molar-refractivity contribution in [2.45, 2.75) is 19.3 Å². The number of likely N-dealkylation sites (tertiary alicyclic amines) is 1. The lowest BCUT2D eigenvalue weighted by atomic mass is 9.85. The molecule has 28 heavy (non-hydrogen) atoms. The Hall–Kier alpha value is -2.28. The number of nitrogens with zero attached hydrogens (tertiary/aromatic N) is 2. The van der Waals surface area contributed by atoms with Gasteiger partial charge in [-0.2, -0.15) is 0 Å². The predicted octanol–water partition coefficient (Wildman–Crippen LogP) is 0.495. The molecule has 2 aliphatic heterocycles. The lowest BCUT2D eigenvalue weighted by Crippen LogP contribution is -2.45. The van der Waals surface area contributed by atoms with Crippen molar-refractivity contribution < 1.29 is 19.2 Å². The first-order valence-corrected chi connectivity index (χ1v) is 10.4. The van der Waals surface area contributed by atoms with E-state index >= 15 is 0 Å². The Morgan fingerprint density at radius 3 is 1.61 bits per heavy atom. The third-order valence-electron chi connectivity index (χ3n) is 7.86. The van der Waals surface area contributed by atoms with Gasteiger partial charge in [-0.05, 0) is 42.9 Å². The highest BCUT2D eigenvalue weighted by Crippen LogP contribution is 2.53. The zero-order valence-corrected chi connectivity index (χ0v) is 15.5. The minimum Gasteiger partial charge on any atom is -0.282 e. The summed E-state index contributed by atoms with van der Waals surface area (Å²) in [5.74, 6) is -0.264. The van der Waals surface area contributed by atoms with Crippen molar-refractivity contribution in [1.82, 2.24) is 15.3 Å². The number of amides is 4. The van der Waals surface area contributed by atoms with Crippen LogP contribution in [-0.2, 0) is 19.2 Å². The van der Waals surface area contributed by atoms with E-state index < -0.39 is 0 Å². The average molecular weight is 381 g/mol. The number of imide groups is 2. The molecule has 2 heterocycles. The Balaban J connectivity index is 1.05. The molecule has 4 aliphatic carbocycles. The minimum absolute atomic E-state index is 0.0441. The quantitative estimate of drug-likeness (QED) is 0.426. The van der Waals surface area contributed by atoms with E-state index in [1.54, 1.807) is 0 Å². The molecular weight excluding hydrogens is 358 g/mol. The molecule has 1 N–H and O–H groups in total. The van der Waals surface area contributed by atoms with Crippen molar-refractivity contribution in [3.63, 3.8) is 0 Å². The average Bonchev–Trinajstić information content (AvgIpc) is 3.49. The SMILES string of the molecule is O=C1C2C(C(=O)N1CCCNN1C(=O)C3C(C1=O)[C@H]1C=C[C@@H]3C1)[C@H]1C=C[C@@H]2C1. The predicted molar refractivity (Wildman–Crippen MR) is 96.6 cm³/mol. The van der Waals surface area contributed by atoms with Crippen LogP contribution < -0.4 is 5.43 Å². The molecule has 4 amide bonds. The van der Waals surface area contributed by atoms with Crippen LogP contribution in [-0.4, -0.2) is 46.6 Å². The first kappa shape index (κ1) is 16.7. The highest BCUT2D eigenvalue weighted by atomic mass is 16.2. The molecule has 8 atom stereocenters. The van der Waals surface area contributed by atoms with Crippen molar-refractivity contribution in [3.8, 4) is 0 Å². The van der Waals surface area contributed by atoms with Gasteiger partial charge in [0, 0.05) is 13.1 Å². The highest BCUT2D eigenvalue weighted by molar-refractivity contribution is 6.07. The van der Waals surface area contributed by atoms with Crippen LogP contribution in [0.25, 0.3) is 0 Å². The monoisotopic (exact) mass is 381 g/mol. The maximum atomic E-state index is 12.7. The second-order valence-electron chi connectivity index (χ2n) is 9.10. The van der Waals surface area contributed by atoms with Crippen molar-refractivity contribution in [3.05, 3.63) is 24.3 Å². The summed E-state index contributed by atoms with van der Waals surface area (Å²) < 4.78 is 0. The topological polar surface area (TPSA) is 86.8 Å². The summed E-state index contributed by atoms with van der Waals surface area (Å²) in [5.41, 5.74) is 2.96. The van der Waals surface area contributed by atoms with Gasteiger partial charge in [0.15, 0.2) is 0 Å². The van der Waals surface area contributed by atoms with Crippen LogP contribution >= 0.6 is 0 Å². The standard InChI is InChI=1S/C21H23N3O4/c25-18-14-10-2-3-11(8-10)15(14)19(26)23(18)7-1-6-22-24-20(27)16-12-4-5-13(9-12)17(16)21(24)28/h2-5,10-17,22H,1,6-9H2/t10-,11+,12-,13+,14?,15?,16?,17?. The molecule has 4 bridgehead atoms. The number of fused-ring (bicyclic) bond motifs is 10. The zero-order valence-electron chi connectivity index (χ0n) is 15.5. The van der Waals surface area contributed by atoms with Crippen LogP contribution in [0.15, 0.2) is 24.3 Å². The van der Waals surface area contributed by atoms with Crippen molar-refractivity contribution >= 4 is 23.6 Å². The smallest absolute Gasteiger partial charge is 0.248 e. The van der Waals surface area contributed by atoms with Gasteiger partial charge in [0.1, 0.15) is 0 Å². The summed E-state index contributed by atoms with van der Waals surface area (Å²) in [6.07, 6.45) is 10.7. The minimum atomic E-state index is -0.209. The van der Waals surface area contributed by atoms with Gasteiger partial charge in [-0.15, -0.1) is 0 Å². The second-order valence-corrected chi connectivity index (χ2v) is 9.10. The van der Waals surface area contributed by atoms with Gasteiger partial charge >= 0.3 is 0 Å². The van der Waals surface area contributed by atoms with Crippen LogP contribution in [0.4, 0.5) is 0 Å². The Labute approximate surface area is 162 Å². The lowest BCUT2D eigenvalue weighted by Gasteiger charge is -2.20. The van der Waals surface area contributed by atoms with Crippen LogP contribution in [0.2, 0.25) is 0 Å². The summed E-state index contributed by atoms with van der Waals surface area (Å²) in [5, 5.41) is 1.19. The van der Waals surface area contributed by atoms with Crippen molar-refractivity contribution in [2.75, 3.05) is 13.1 Å². The number of carbonyl (C=O) groups excluding carboxylic acids is 4. The fraction of sp³-hybridized carbons (Fsp3) is 0.619. The molecule has 7 nitrogen and oxygen atoms in total. The van der Waals surface area contributed by atoms with Crippen LogP contribution in [0.3, 0.4) is 0 Å². The van der Waals surface area contributed by atoms with Gasteiger partial charge in [0.2, 0.25) is 23.6 Å². The number of hydrogen-bond donors (Lipinski definition) is 1. The van der Waals surface area contributed by atoms with E-state index in [1.807, 2.05) is 0 Å². The number of allylic oxidation sites excluding steroid dienone is 4. The summed E-state index contributed by atoms with van der Waals surface area (Å²) in [6.45, 7) is 0.726. The Morgan fingerprint density at radius 1 is 0.714 bits per heavy atom. The summed E-state index contributed by atoms with van der Waals surface area (Å²) >= 11 is 0. The van der Waals surface area contributed by atoms with E-state index in [4.69, 9.17) is 0 Å². The summed E-state index contributed by atoms with van der Waals surface area (Å²) in [7, 11) is 0. The second kappa shape index (κ2) is 5.63. The molecule has 0 aromatic heterocycles. The molecule has 6 aliphatic rings. The molecule has 4 fully saturated rings. The Bertz CT molecular complexity index is 734. The maximum absolute atomic E-state index is 12.7. The number of carbonyl (C=O) groups is 4. The fourth-order valence-electron chi connectivity index (χ4n) is 6.67. The van der Waals surface area contributed by atoms with E-state index in [-0.39, 0.29) is 71.0 Å². The van der Waals surface area contributed by atoms with Crippen molar-refractivity contribution in [2.24, 2.45) is 47.3 Å². The molecule has 2 saturated carbocycles. The molecule has 2 saturated heterocycles. The third kappa shape index (κ3) is 1.98. The molecule has 0 aromatic carbocycles. The normalized spacial score (nSPS) is 44.6.